The van der Waals surface area contributed by atoms with Gasteiger partial charge in [-0.25, -0.2) is 0 Å². The Labute approximate surface area is 139 Å². The molecule has 0 bridgehead atoms. The molecular formula is C20H38O2. The summed E-state index contributed by atoms with van der Waals surface area (Å²) in [5.74, 6) is 0. The Kier molecular flexibility index (Phi) is 17.9. The van der Waals surface area contributed by atoms with E-state index in [0.717, 1.165) is 45.3 Å². The first-order valence-electron chi connectivity index (χ1n) is 9.39. The zero-order valence-corrected chi connectivity index (χ0v) is 15.2. The van der Waals surface area contributed by atoms with Gasteiger partial charge in [0.05, 0.1) is 0 Å². The molecule has 0 aliphatic carbocycles. The minimum atomic E-state index is -0.00778. The largest absolute Gasteiger partial charge is 0.353 e. The number of hydrogen-bond acceptors (Lipinski definition) is 2. The lowest BCUT2D eigenvalue weighted by Crippen LogP contribution is -2.18. The number of unbranched alkanes of at least 4 members (excludes halogenated alkanes) is 5. The fourth-order valence-electron chi connectivity index (χ4n) is 2.01. The third-order valence-corrected chi connectivity index (χ3v) is 3.52. The van der Waals surface area contributed by atoms with E-state index in [2.05, 4.69) is 45.1 Å². The maximum absolute atomic E-state index is 5.84. The van der Waals surface area contributed by atoms with Crippen LogP contribution in [0, 0.1) is 0 Å². The van der Waals surface area contributed by atoms with Gasteiger partial charge in [-0.15, -0.1) is 0 Å². The molecule has 0 amide bonds. The molecular weight excluding hydrogens is 272 g/mol. The Hall–Kier alpha value is -0.600. The zero-order chi connectivity index (χ0) is 16.3. The summed E-state index contributed by atoms with van der Waals surface area (Å²) >= 11 is 0. The van der Waals surface area contributed by atoms with Gasteiger partial charge >= 0.3 is 0 Å². The Morgan fingerprint density at radius 3 is 1.68 bits per heavy atom. The van der Waals surface area contributed by atoms with Gasteiger partial charge in [0.2, 0.25) is 0 Å². The predicted octanol–water partition coefficient (Wildman–Crippen LogP) is 6.42. The van der Waals surface area contributed by atoms with E-state index in [4.69, 9.17) is 9.47 Å². The Balaban J connectivity index is 3.75. The molecule has 2 nitrogen and oxygen atoms in total. The monoisotopic (exact) mass is 310 g/mol. The van der Waals surface area contributed by atoms with E-state index in [1.54, 1.807) is 0 Å². The van der Waals surface area contributed by atoms with Crippen LogP contribution in [-0.4, -0.2) is 19.5 Å². The van der Waals surface area contributed by atoms with E-state index < -0.39 is 0 Å². The second kappa shape index (κ2) is 18.4. The summed E-state index contributed by atoms with van der Waals surface area (Å²) in [6.07, 6.45) is 20.4. The highest BCUT2D eigenvalue weighted by Gasteiger charge is 2.08. The fourth-order valence-corrected chi connectivity index (χ4v) is 2.01. The molecule has 0 unspecified atom stereocenters. The lowest BCUT2D eigenvalue weighted by Gasteiger charge is -2.18. The molecule has 0 radical (unpaired) electrons. The lowest BCUT2D eigenvalue weighted by atomic mass is 10.2. The molecule has 130 valence electrons. The average Bonchev–Trinajstić information content (AvgIpc) is 2.53. The first-order valence-corrected chi connectivity index (χ1v) is 9.39. The van der Waals surface area contributed by atoms with Crippen LogP contribution < -0.4 is 0 Å². The molecule has 0 heterocycles. The lowest BCUT2D eigenvalue weighted by molar-refractivity contribution is -0.147. The van der Waals surface area contributed by atoms with Crippen LogP contribution in [0.3, 0.4) is 0 Å². The molecule has 0 aromatic heterocycles. The summed E-state index contributed by atoms with van der Waals surface area (Å²) in [5, 5.41) is 0. The molecule has 2 heteroatoms. The van der Waals surface area contributed by atoms with Gasteiger partial charge in [0.25, 0.3) is 0 Å². The number of allylic oxidation sites excluding steroid dienone is 4. The van der Waals surface area contributed by atoms with Gasteiger partial charge in [-0.1, -0.05) is 70.8 Å². The summed E-state index contributed by atoms with van der Waals surface area (Å²) in [7, 11) is 0. The Morgan fingerprint density at radius 2 is 1.18 bits per heavy atom. The Morgan fingerprint density at radius 1 is 0.682 bits per heavy atom. The quantitative estimate of drug-likeness (QED) is 0.186. The van der Waals surface area contributed by atoms with Crippen molar-refractivity contribution in [3.63, 3.8) is 0 Å². The summed E-state index contributed by atoms with van der Waals surface area (Å²) in [6.45, 7) is 8.25. The highest BCUT2D eigenvalue weighted by atomic mass is 16.7. The van der Waals surface area contributed by atoms with Gasteiger partial charge in [0, 0.05) is 13.2 Å². The third-order valence-electron chi connectivity index (χ3n) is 3.52. The number of hydrogen-bond donors (Lipinski definition) is 0. The topological polar surface area (TPSA) is 18.5 Å². The van der Waals surface area contributed by atoms with Crippen molar-refractivity contribution in [2.24, 2.45) is 0 Å². The maximum Gasteiger partial charge on any atom is 0.157 e. The normalized spacial score (nSPS) is 12.2. The van der Waals surface area contributed by atoms with Gasteiger partial charge in [0.1, 0.15) is 0 Å². The summed E-state index contributed by atoms with van der Waals surface area (Å²) in [6, 6.07) is 0. The SMILES string of the molecule is CCCC/C=C/C=C\CCCC(OCCCC)OCCCC. The van der Waals surface area contributed by atoms with Crippen molar-refractivity contribution >= 4 is 0 Å². The smallest absolute Gasteiger partial charge is 0.157 e. The van der Waals surface area contributed by atoms with Crippen molar-refractivity contribution in [2.45, 2.75) is 91.3 Å². The van der Waals surface area contributed by atoms with Crippen LogP contribution >= 0.6 is 0 Å². The molecule has 0 N–H and O–H groups in total. The van der Waals surface area contributed by atoms with Gasteiger partial charge in [0.15, 0.2) is 6.29 Å². The van der Waals surface area contributed by atoms with E-state index >= 15 is 0 Å². The minimum absolute atomic E-state index is 0.00778. The molecule has 0 atom stereocenters. The molecule has 22 heavy (non-hydrogen) atoms. The molecule has 0 fully saturated rings. The highest BCUT2D eigenvalue weighted by molar-refractivity contribution is 5.02. The second-order valence-electron chi connectivity index (χ2n) is 5.81. The van der Waals surface area contributed by atoms with Gasteiger partial charge < -0.3 is 9.47 Å². The average molecular weight is 311 g/mol. The van der Waals surface area contributed by atoms with E-state index in [0.29, 0.717) is 0 Å². The first-order chi connectivity index (χ1) is 10.8. The van der Waals surface area contributed by atoms with Crippen molar-refractivity contribution in [3.8, 4) is 0 Å². The standard InChI is InChI=1S/C20H38O2/c1-4-7-10-11-12-13-14-15-16-17-20(21-18-8-5-2)22-19-9-6-3/h11-14,20H,4-10,15-19H2,1-3H3/b12-11+,14-13-. The van der Waals surface area contributed by atoms with Crippen molar-refractivity contribution in [3.05, 3.63) is 24.3 Å². The molecule has 0 saturated heterocycles. The molecule has 0 aromatic rings. The third kappa shape index (κ3) is 15.8. The van der Waals surface area contributed by atoms with Crippen molar-refractivity contribution < 1.29 is 9.47 Å². The highest BCUT2D eigenvalue weighted by Crippen LogP contribution is 2.09. The first kappa shape index (κ1) is 21.4. The summed E-state index contributed by atoms with van der Waals surface area (Å²) in [4.78, 5) is 0. The van der Waals surface area contributed by atoms with Gasteiger partial charge in [-0.3, -0.25) is 0 Å². The van der Waals surface area contributed by atoms with Crippen LogP contribution in [0.4, 0.5) is 0 Å². The van der Waals surface area contributed by atoms with Crippen LogP contribution in [-0.2, 0) is 9.47 Å². The Bertz CT molecular complexity index is 248. The van der Waals surface area contributed by atoms with E-state index in [-0.39, 0.29) is 6.29 Å². The fraction of sp³-hybridized carbons (Fsp3) is 0.800. The van der Waals surface area contributed by atoms with E-state index in [1.165, 1.54) is 32.1 Å². The van der Waals surface area contributed by atoms with E-state index in [9.17, 15) is 0 Å². The summed E-state index contributed by atoms with van der Waals surface area (Å²) < 4.78 is 11.7. The van der Waals surface area contributed by atoms with Crippen molar-refractivity contribution in [1.29, 1.82) is 0 Å². The molecule has 0 aliphatic heterocycles. The molecule has 0 aliphatic rings. The number of ether oxygens (including phenoxy) is 2. The molecule has 0 saturated carbocycles. The minimum Gasteiger partial charge on any atom is -0.353 e. The number of rotatable bonds is 16. The molecule has 0 spiro atoms. The van der Waals surface area contributed by atoms with Crippen LogP contribution in [0.15, 0.2) is 24.3 Å². The van der Waals surface area contributed by atoms with Crippen LogP contribution in [0.1, 0.15) is 85.0 Å². The van der Waals surface area contributed by atoms with Crippen molar-refractivity contribution in [2.75, 3.05) is 13.2 Å². The van der Waals surface area contributed by atoms with Crippen LogP contribution in [0.5, 0.6) is 0 Å². The maximum atomic E-state index is 5.84. The second-order valence-corrected chi connectivity index (χ2v) is 5.81. The van der Waals surface area contributed by atoms with Crippen LogP contribution in [0.25, 0.3) is 0 Å². The molecule has 0 rings (SSSR count). The molecule has 0 aromatic carbocycles. The van der Waals surface area contributed by atoms with Gasteiger partial charge in [-0.05, 0) is 38.5 Å². The van der Waals surface area contributed by atoms with Crippen molar-refractivity contribution in [1.82, 2.24) is 0 Å². The predicted molar refractivity (Wildman–Crippen MR) is 97.2 cm³/mol. The summed E-state index contributed by atoms with van der Waals surface area (Å²) in [5.41, 5.74) is 0. The zero-order valence-electron chi connectivity index (χ0n) is 15.2. The van der Waals surface area contributed by atoms with Crippen LogP contribution in [0.2, 0.25) is 0 Å². The van der Waals surface area contributed by atoms with E-state index in [1.807, 2.05) is 0 Å². The van der Waals surface area contributed by atoms with Gasteiger partial charge in [-0.2, -0.15) is 0 Å².